The Bertz CT molecular complexity index is 381. The van der Waals surface area contributed by atoms with Crippen LogP contribution < -0.4 is 10.9 Å². The maximum absolute atomic E-state index is 11.5. The van der Waals surface area contributed by atoms with Gasteiger partial charge in [-0.05, 0) is 12.5 Å². The van der Waals surface area contributed by atoms with Gasteiger partial charge in [0.1, 0.15) is 6.26 Å². The summed E-state index contributed by atoms with van der Waals surface area (Å²) in [6.07, 6.45) is 1.78. The number of carbonyl (C=O) groups is 1. The second kappa shape index (κ2) is 7.59. The van der Waals surface area contributed by atoms with Gasteiger partial charge in [0.2, 0.25) is 0 Å². The van der Waals surface area contributed by atoms with Crippen LogP contribution in [0.2, 0.25) is 0 Å². The lowest BCUT2D eigenvalue weighted by atomic mass is 10.3. The van der Waals surface area contributed by atoms with E-state index in [1.165, 1.54) is 12.1 Å². The number of carbonyl (C=O) groups excluding carboxylic acids is 1. The number of amides is 1. The minimum Gasteiger partial charge on any atom is -0.430 e. The van der Waals surface area contributed by atoms with Gasteiger partial charge >= 0.3 is 5.63 Å². The third kappa shape index (κ3) is 5.28. The average molecular weight is 241 g/mol. The van der Waals surface area contributed by atoms with Gasteiger partial charge in [0, 0.05) is 19.2 Å². The summed E-state index contributed by atoms with van der Waals surface area (Å²) in [5, 5.41) is 11.1. The Morgan fingerprint density at radius 2 is 2.24 bits per heavy atom. The van der Waals surface area contributed by atoms with Crippen molar-refractivity contribution in [1.29, 1.82) is 0 Å². The van der Waals surface area contributed by atoms with Crippen LogP contribution in [0.5, 0.6) is 0 Å². The minimum atomic E-state index is -0.487. The van der Waals surface area contributed by atoms with E-state index >= 15 is 0 Å². The highest BCUT2D eigenvalue weighted by atomic mass is 16.5. The maximum Gasteiger partial charge on any atom is 0.335 e. The molecular weight excluding hydrogens is 226 g/mol. The Morgan fingerprint density at radius 3 is 2.88 bits per heavy atom. The van der Waals surface area contributed by atoms with Gasteiger partial charge in [-0.3, -0.25) is 4.79 Å². The predicted octanol–water partition coefficient (Wildman–Crippen LogP) is -0.231. The smallest absolute Gasteiger partial charge is 0.335 e. The largest absolute Gasteiger partial charge is 0.430 e. The van der Waals surface area contributed by atoms with Gasteiger partial charge in [0.15, 0.2) is 0 Å². The molecule has 2 N–H and O–H groups in total. The molecule has 1 aromatic rings. The highest BCUT2D eigenvalue weighted by molar-refractivity contribution is 5.93. The van der Waals surface area contributed by atoms with Crippen LogP contribution in [0.1, 0.15) is 16.8 Å². The summed E-state index contributed by atoms with van der Waals surface area (Å²) in [6, 6.07) is 2.60. The summed E-state index contributed by atoms with van der Waals surface area (Å²) in [4.78, 5) is 22.2. The van der Waals surface area contributed by atoms with E-state index in [0.717, 1.165) is 6.26 Å². The molecule has 0 radical (unpaired) electrons. The van der Waals surface area contributed by atoms with Crippen molar-refractivity contribution in [2.75, 3.05) is 26.4 Å². The number of ether oxygens (including phenoxy) is 1. The molecule has 1 heterocycles. The Morgan fingerprint density at radius 1 is 1.41 bits per heavy atom. The Labute approximate surface area is 98.2 Å². The van der Waals surface area contributed by atoms with Crippen LogP contribution in [-0.4, -0.2) is 37.4 Å². The first kappa shape index (κ1) is 13.4. The van der Waals surface area contributed by atoms with Gasteiger partial charge in [-0.1, -0.05) is 0 Å². The summed E-state index contributed by atoms with van der Waals surface area (Å²) in [5.74, 6) is -0.295. The van der Waals surface area contributed by atoms with E-state index in [0.29, 0.717) is 31.7 Å². The molecule has 0 saturated heterocycles. The van der Waals surface area contributed by atoms with Crippen LogP contribution >= 0.6 is 0 Å². The van der Waals surface area contributed by atoms with E-state index in [-0.39, 0.29) is 12.5 Å². The molecule has 0 spiro atoms. The van der Waals surface area contributed by atoms with Gasteiger partial charge in [-0.2, -0.15) is 0 Å². The molecule has 94 valence electrons. The molecule has 0 aliphatic carbocycles. The SMILES string of the molecule is O=C(NCCCOCCO)c1ccc(=O)oc1. The van der Waals surface area contributed by atoms with Crippen molar-refractivity contribution in [3.05, 3.63) is 34.4 Å². The third-order valence-corrected chi connectivity index (χ3v) is 1.95. The Balaban J connectivity index is 2.21. The standard InChI is InChI=1S/C11H15NO5/c13-5-7-16-6-1-4-12-11(15)9-2-3-10(14)17-8-9/h2-3,8,13H,1,4-7H2,(H,12,15). The molecule has 6 heteroatoms. The molecule has 0 atom stereocenters. The molecule has 0 fully saturated rings. The third-order valence-electron chi connectivity index (χ3n) is 1.95. The first-order chi connectivity index (χ1) is 8.24. The number of hydrogen-bond acceptors (Lipinski definition) is 5. The lowest BCUT2D eigenvalue weighted by molar-refractivity contribution is 0.0866. The van der Waals surface area contributed by atoms with E-state index in [4.69, 9.17) is 9.84 Å². The molecule has 0 aliphatic rings. The number of nitrogens with one attached hydrogen (secondary N) is 1. The fraction of sp³-hybridized carbons (Fsp3) is 0.455. The van der Waals surface area contributed by atoms with Crippen LogP contribution in [0, 0.1) is 0 Å². The van der Waals surface area contributed by atoms with Crippen molar-refractivity contribution in [3.8, 4) is 0 Å². The molecule has 1 amide bonds. The van der Waals surface area contributed by atoms with Crippen molar-refractivity contribution in [1.82, 2.24) is 5.32 Å². The maximum atomic E-state index is 11.5. The number of rotatable bonds is 7. The van der Waals surface area contributed by atoms with Gasteiger partial charge in [0.05, 0.1) is 18.8 Å². The molecule has 0 aromatic carbocycles. The molecule has 0 aliphatic heterocycles. The zero-order chi connectivity index (χ0) is 12.5. The zero-order valence-electron chi connectivity index (χ0n) is 9.35. The van der Waals surface area contributed by atoms with E-state index in [2.05, 4.69) is 9.73 Å². The molecule has 0 bridgehead atoms. The summed E-state index contributed by atoms with van der Waals surface area (Å²) in [6.45, 7) is 1.24. The van der Waals surface area contributed by atoms with Crippen molar-refractivity contribution >= 4 is 5.91 Å². The van der Waals surface area contributed by atoms with Gasteiger partial charge in [0.25, 0.3) is 5.91 Å². The molecule has 17 heavy (non-hydrogen) atoms. The molecule has 0 saturated carbocycles. The lowest BCUT2D eigenvalue weighted by Gasteiger charge is -2.04. The molecule has 6 nitrogen and oxygen atoms in total. The Hall–Kier alpha value is -1.66. The van der Waals surface area contributed by atoms with E-state index in [9.17, 15) is 9.59 Å². The topological polar surface area (TPSA) is 88.8 Å². The van der Waals surface area contributed by atoms with Crippen molar-refractivity contribution in [2.24, 2.45) is 0 Å². The highest BCUT2D eigenvalue weighted by Gasteiger charge is 2.04. The fourth-order valence-electron chi connectivity index (χ4n) is 1.13. The summed E-state index contributed by atoms with van der Waals surface area (Å²) in [7, 11) is 0. The monoisotopic (exact) mass is 241 g/mol. The van der Waals surface area contributed by atoms with Crippen LogP contribution in [-0.2, 0) is 4.74 Å². The summed E-state index contributed by atoms with van der Waals surface area (Å²) >= 11 is 0. The van der Waals surface area contributed by atoms with Gasteiger partial charge in [-0.15, -0.1) is 0 Å². The first-order valence-electron chi connectivity index (χ1n) is 5.29. The predicted molar refractivity (Wildman–Crippen MR) is 59.8 cm³/mol. The van der Waals surface area contributed by atoms with Crippen molar-refractivity contribution < 1.29 is 19.1 Å². The second-order valence-electron chi connectivity index (χ2n) is 3.29. The quantitative estimate of drug-likeness (QED) is 0.644. The summed E-state index contributed by atoms with van der Waals surface area (Å²) < 4.78 is 9.59. The minimum absolute atomic E-state index is 0.00456. The average Bonchev–Trinajstić information content (AvgIpc) is 2.34. The lowest BCUT2D eigenvalue weighted by Crippen LogP contribution is -2.25. The van der Waals surface area contributed by atoms with Crippen LogP contribution in [0.4, 0.5) is 0 Å². The normalized spacial score (nSPS) is 10.2. The van der Waals surface area contributed by atoms with E-state index in [1.807, 2.05) is 0 Å². The second-order valence-corrected chi connectivity index (χ2v) is 3.29. The van der Waals surface area contributed by atoms with Crippen LogP contribution in [0.15, 0.2) is 27.6 Å². The van der Waals surface area contributed by atoms with E-state index in [1.54, 1.807) is 0 Å². The van der Waals surface area contributed by atoms with Gasteiger partial charge < -0.3 is 19.6 Å². The fourth-order valence-corrected chi connectivity index (χ4v) is 1.13. The van der Waals surface area contributed by atoms with E-state index < -0.39 is 5.63 Å². The van der Waals surface area contributed by atoms with Crippen molar-refractivity contribution in [2.45, 2.75) is 6.42 Å². The molecule has 0 unspecified atom stereocenters. The highest BCUT2D eigenvalue weighted by Crippen LogP contribution is 1.94. The summed E-state index contributed by atoms with van der Waals surface area (Å²) in [5.41, 5.74) is -0.181. The van der Waals surface area contributed by atoms with Crippen LogP contribution in [0.25, 0.3) is 0 Å². The number of aliphatic hydroxyl groups is 1. The number of hydrogen-bond donors (Lipinski definition) is 2. The number of aliphatic hydroxyl groups excluding tert-OH is 1. The zero-order valence-corrected chi connectivity index (χ0v) is 9.35. The van der Waals surface area contributed by atoms with Crippen molar-refractivity contribution in [3.63, 3.8) is 0 Å². The molecule has 1 aromatic heterocycles. The van der Waals surface area contributed by atoms with Crippen LogP contribution in [0.3, 0.4) is 0 Å². The van der Waals surface area contributed by atoms with Gasteiger partial charge in [-0.25, -0.2) is 4.79 Å². The first-order valence-corrected chi connectivity index (χ1v) is 5.29. The Kier molecular flexibility index (Phi) is 5.98. The molecule has 1 rings (SSSR count). The molecular formula is C11H15NO5.